The Hall–Kier alpha value is -2.33. The molecule has 1 saturated carbocycles. The van der Waals surface area contributed by atoms with E-state index in [2.05, 4.69) is 24.3 Å². The largest absolute Gasteiger partial charge is 0.396 e. The predicted octanol–water partition coefficient (Wildman–Crippen LogP) is 4.56. The van der Waals surface area contributed by atoms with Gasteiger partial charge >= 0.3 is 6.03 Å². The zero-order chi connectivity index (χ0) is 19.9. The van der Waals surface area contributed by atoms with Gasteiger partial charge in [0.2, 0.25) is 0 Å². The molecule has 0 aliphatic heterocycles. The van der Waals surface area contributed by atoms with Crippen molar-refractivity contribution in [2.45, 2.75) is 31.7 Å². The van der Waals surface area contributed by atoms with E-state index in [0.29, 0.717) is 18.4 Å². The van der Waals surface area contributed by atoms with Crippen molar-refractivity contribution in [2.75, 3.05) is 27.2 Å². The summed E-state index contributed by atoms with van der Waals surface area (Å²) < 4.78 is 0. The fraction of sp³-hybridized carbons (Fsp3) is 0.458. The molecular weight excluding hydrogens is 348 g/mol. The Balaban J connectivity index is 1.71. The number of aliphatic hydroxyl groups excluding tert-OH is 1. The third-order valence-electron chi connectivity index (χ3n) is 6.00. The van der Waals surface area contributed by atoms with Crippen molar-refractivity contribution in [3.63, 3.8) is 0 Å². The lowest BCUT2D eigenvalue weighted by atomic mass is 9.82. The number of urea groups is 1. The van der Waals surface area contributed by atoms with Crippen LogP contribution in [0.3, 0.4) is 0 Å². The SMILES string of the molecule is CN(CC1CCC(CO)CC1)C(=O)N(C)C(c1ccccc1)c1ccccc1. The quantitative estimate of drug-likeness (QED) is 0.798. The summed E-state index contributed by atoms with van der Waals surface area (Å²) in [6.45, 7) is 1.07. The molecule has 1 fully saturated rings. The van der Waals surface area contributed by atoms with Crippen molar-refractivity contribution in [3.05, 3.63) is 71.8 Å². The number of rotatable bonds is 6. The van der Waals surface area contributed by atoms with Crippen LogP contribution in [0, 0.1) is 11.8 Å². The second-order valence-electron chi connectivity index (χ2n) is 8.07. The lowest BCUT2D eigenvalue weighted by molar-refractivity contribution is 0.133. The Labute approximate surface area is 168 Å². The van der Waals surface area contributed by atoms with E-state index in [9.17, 15) is 9.90 Å². The molecular formula is C24H32N2O2. The fourth-order valence-corrected chi connectivity index (χ4v) is 4.35. The lowest BCUT2D eigenvalue weighted by Gasteiger charge is -2.35. The Morgan fingerprint density at radius 3 is 1.82 bits per heavy atom. The molecule has 28 heavy (non-hydrogen) atoms. The second-order valence-corrected chi connectivity index (χ2v) is 8.07. The van der Waals surface area contributed by atoms with Crippen LogP contribution < -0.4 is 0 Å². The number of carbonyl (C=O) groups excluding carboxylic acids is 1. The highest BCUT2D eigenvalue weighted by Gasteiger charge is 2.28. The molecule has 0 atom stereocenters. The van der Waals surface area contributed by atoms with Crippen LogP contribution in [0.15, 0.2) is 60.7 Å². The van der Waals surface area contributed by atoms with Gasteiger partial charge in [0.25, 0.3) is 0 Å². The third kappa shape index (κ3) is 4.93. The Bertz CT molecular complexity index is 687. The zero-order valence-electron chi connectivity index (χ0n) is 17.0. The van der Waals surface area contributed by atoms with Crippen LogP contribution in [0.1, 0.15) is 42.9 Å². The minimum Gasteiger partial charge on any atom is -0.396 e. The van der Waals surface area contributed by atoms with Crippen LogP contribution in [0.5, 0.6) is 0 Å². The van der Waals surface area contributed by atoms with Crippen molar-refractivity contribution in [1.29, 1.82) is 0 Å². The molecule has 0 radical (unpaired) electrons. The smallest absolute Gasteiger partial charge is 0.320 e. The summed E-state index contributed by atoms with van der Waals surface area (Å²) in [7, 11) is 3.80. The fourth-order valence-electron chi connectivity index (χ4n) is 4.35. The summed E-state index contributed by atoms with van der Waals surface area (Å²) in [6, 6.07) is 20.3. The van der Waals surface area contributed by atoms with Crippen LogP contribution in [0.25, 0.3) is 0 Å². The number of nitrogens with zero attached hydrogens (tertiary/aromatic N) is 2. The maximum atomic E-state index is 13.2. The maximum Gasteiger partial charge on any atom is 0.320 e. The third-order valence-corrected chi connectivity index (χ3v) is 6.00. The van der Waals surface area contributed by atoms with Crippen LogP contribution in [-0.2, 0) is 0 Å². The molecule has 2 amide bonds. The van der Waals surface area contributed by atoms with Gasteiger partial charge in [-0.25, -0.2) is 4.79 Å². The monoisotopic (exact) mass is 380 g/mol. The van der Waals surface area contributed by atoms with Crippen molar-refractivity contribution >= 4 is 6.03 Å². The van der Waals surface area contributed by atoms with Gasteiger partial charge in [-0.1, -0.05) is 60.7 Å². The molecule has 0 aromatic heterocycles. The molecule has 1 aliphatic carbocycles. The molecule has 0 bridgehead atoms. The van der Waals surface area contributed by atoms with Gasteiger partial charge in [0.15, 0.2) is 0 Å². The first-order chi connectivity index (χ1) is 13.6. The van der Waals surface area contributed by atoms with E-state index < -0.39 is 0 Å². The summed E-state index contributed by atoms with van der Waals surface area (Å²) in [4.78, 5) is 17.0. The number of hydrogen-bond donors (Lipinski definition) is 1. The molecule has 0 saturated heterocycles. The first-order valence-corrected chi connectivity index (χ1v) is 10.3. The molecule has 2 aromatic carbocycles. The predicted molar refractivity (Wildman–Crippen MR) is 113 cm³/mol. The molecule has 1 N–H and O–H groups in total. The summed E-state index contributed by atoms with van der Waals surface area (Å²) in [5.74, 6) is 0.970. The number of carbonyl (C=O) groups is 1. The van der Waals surface area contributed by atoms with Crippen molar-refractivity contribution in [2.24, 2.45) is 11.8 Å². The summed E-state index contributed by atoms with van der Waals surface area (Å²) >= 11 is 0. The van der Waals surface area contributed by atoms with Gasteiger partial charge < -0.3 is 14.9 Å². The molecule has 3 rings (SSSR count). The van der Waals surface area contributed by atoms with Crippen LogP contribution >= 0.6 is 0 Å². The molecule has 4 heteroatoms. The zero-order valence-corrected chi connectivity index (χ0v) is 17.0. The molecule has 0 unspecified atom stereocenters. The normalized spacial score (nSPS) is 19.4. The highest BCUT2D eigenvalue weighted by atomic mass is 16.3. The van der Waals surface area contributed by atoms with Gasteiger partial charge in [-0.3, -0.25) is 0 Å². The number of amides is 2. The van der Waals surface area contributed by atoms with E-state index in [0.717, 1.165) is 43.4 Å². The van der Waals surface area contributed by atoms with Gasteiger partial charge in [0.1, 0.15) is 0 Å². The summed E-state index contributed by atoms with van der Waals surface area (Å²) in [6.07, 6.45) is 4.31. The Kier molecular flexibility index (Phi) is 7.10. The lowest BCUT2D eigenvalue weighted by Crippen LogP contribution is -2.43. The van der Waals surface area contributed by atoms with Gasteiger partial charge in [0, 0.05) is 27.2 Å². The first kappa shape index (κ1) is 20.4. The highest BCUT2D eigenvalue weighted by Crippen LogP contribution is 2.31. The minimum absolute atomic E-state index is 0.0435. The van der Waals surface area contributed by atoms with E-state index in [4.69, 9.17) is 0 Å². The first-order valence-electron chi connectivity index (χ1n) is 10.3. The maximum absolute atomic E-state index is 13.2. The molecule has 150 valence electrons. The number of aliphatic hydroxyl groups is 1. The standard InChI is InChI=1S/C24H32N2O2/c1-25(17-19-13-15-20(18-27)16-14-19)24(28)26(2)23(21-9-5-3-6-10-21)22-11-7-4-8-12-22/h3-12,19-20,23,27H,13-18H2,1-2H3. The van der Waals surface area contributed by atoms with E-state index >= 15 is 0 Å². The van der Waals surface area contributed by atoms with E-state index in [-0.39, 0.29) is 12.1 Å². The average molecular weight is 381 g/mol. The van der Waals surface area contributed by atoms with Crippen LogP contribution in [0.4, 0.5) is 4.79 Å². The van der Waals surface area contributed by atoms with E-state index in [1.807, 2.05) is 60.3 Å². The molecule has 4 nitrogen and oxygen atoms in total. The second kappa shape index (κ2) is 9.74. The summed E-state index contributed by atoms with van der Waals surface area (Å²) in [5.41, 5.74) is 2.22. The van der Waals surface area contributed by atoms with Crippen LogP contribution in [-0.4, -0.2) is 48.2 Å². The van der Waals surface area contributed by atoms with Crippen molar-refractivity contribution in [3.8, 4) is 0 Å². The molecule has 2 aromatic rings. The van der Waals surface area contributed by atoms with Gasteiger partial charge in [-0.2, -0.15) is 0 Å². The van der Waals surface area contributed by atoms with E-state index in [1.165, 1.54) is 0 Å². The average Bonchev–Trinajstić information content (AvgIpc) is 2.75. The topological polar surface area (TPSA) is 43.8 Å². The van der Waals surface area contributed by atoms with Gasteiger partial charge in [0.05, 0.1) is 6.04 Å². The Morgan fingerprint density at radius 1 is 0.893 bits per heavy atom. The molecule has 0 heterocycles. The van der Waals surface area contributed by atoms with Gasteiger partial charge in [-0.15, -0.1) is 0 Å². The number of benzene rings is 2. The van der Waals surface area contributed by atoms with Crippen molar-refractivity contribution in [1.82, 2.24) is 9.80 Å². The minimum atomic E-state index is -0.109. The van der Waals surface area contributed by atoms with Crippen LogP contribution in [0.2, 0.25) is 0 Å². The molecule has 1 aliphatic rings. The summed E-state index contributed by atoms with van der Waals surface area (Å²) in [5, 5.41) is 9.33. The Morgan fingerprint density at radius 2 is 1.36 bits per heavy atom. The molecule has 0 spiro atoms. The van der Waals surface area contributed by atoms with Gasteiger partial charge in [-0.05, 0) is 48.6 Å². The van der Waals surface area contributed by atoms with Crippen molar-refractivity contribution < 1.29 is 9.90 Å². The number of hydrogen-bond acceptors (Lipinski definition) is 2. The highest BCUT2D eigenvalue weighted by molar-refractivity contribution is 5.75. The van der Waals surface area contributed by atoms with E-state index in [1.54, 1.807) is 0 Å².